The summed E-state index contributed by atoms with van der Waals surface area (Å²) in [6.45, 7) is 0.291. The Kier molecular flexibility index (Phi) is 7.42. The lowest BCUT2D eigenvalue weighted by molar-refractivity contribution is -0.139. The van der Waals surface area contributed by atoms with E-state index in [9.17, 15) is 14.7 Å². The molecule has 38 heavy (non-hydrogen) atoms. The van der Waals surface area contributed by atoms with E-state index in [4.69, 9.17) is 44.3 Å². The number of halogens is 3. The van der Waals surface area contributed by atoms with Crippen LogP contribution in [0, 0.1) is 0 Å². The maximum atomic E-state index is 12.8. The number of hydrogen-bond acceptors (Lipinski definition) is 5. The second kappa shape index (κ2) is 10.9. The summed E-state index contributed by atoms with van der Waals surface area (Å²) in [4.78, 5) is 28.8. The van der Waals surface area contributed by atoms with Gasteiger partial charge in [0.2, 0.25) is 0 Å². The molecule has 1 aliphatic rings. The first kappa shape index (κ1) is 25.9. The minimum absolute atomic E-state index is 0.258. The minimum atomic E-state index is -0.927. The van der Waals surface area contributed by atoms with Gasteiger partial charge in [0, 0.05) is 27.8 Å². The molecule has 1 amide bonds. The Bertz CT molecular complexity index is 1540. The van der Waals surface area contributed by atoms with Crippen molar-refractivity contribution in [1.29, 1.82) is 0 Å². The number of hydrogen-bond donors (Lipinski definition) is 2. The number of benzene rings is 3. The third-order valence-electron chi connectivity index (χ3n) is 5.94. The van der Waals surface area contributed by atoms with Crippen molar-refractivity contribution in [1.82, 2.24) is 4.98 Å². The van der Waals surface area contributed by atoms with E-state index in [0.717, 1.165) is 0 Å². The van der Waals surface area contributed by atoms with Gasteiger partial charge in [0.05, 0.1) is 28.3 Å². The maximum Gasteiger partial charge on any atom is 0.311 e. The Balaban J connectivity index is 1.29. The molecular weight excluding hydrogens is 551 g/mol. The van der Waals surface area contributed by atoms with Crippen molar-refractivity contribution in [2.24, 2.45) is 0 Å². The van der Waals surface area contributed by atoms with Crippen LogP contribution in [-0.2, 0) is 4.79 Å². The van der Waals surface area contributed by atoms with Gasteiger partial charge in [-0.2, -0.15) is 0 Å². The van der Waals surface area contributed by atoms with Gasteiger partial charge >= 0.3 is 5.97 Å². The molecule has 0 bridgehead atoms. The van der Waals surface area contributed by atoms with Gasteiger partial charge in [-0.25, -0.2) is 4.98 Å². The molecule has 0 fully saturated rings. The first-order chi connectivity index (χ1) is 18.3. The van der Waals surface area contributed by atoms with Gasteiger partial charge < -0.3 is 19.9 Å². The normalized spacial score (nSPS) is 14.2. The molecule has 2 heterocycles. The number of ether oxygens (including phenoxy) is 2. The van der Waals surface area contributed by atoms with E-state index in [1.54, 1.807) is 72.8 Å². The molecule has 1 unspecified atom stereocenters. The van der Waals surface area contributed by atoms with E-state index >= 15 is 0 Å². The number of carbonyl (C=O) groups is 2. The first-order valence-corrected chi connectivity index (χ1v) is 12.6. The van der Waals surface area contributed by atoms with E-state index in [1.807, 2.05) is 0 Å². The van der Waals surface area contributed by atoms with Crippen molar-refractivity contribution >= 4 is 52.5 Å². The number of fused-ring (bicyclic) bond motifs is 1. The number of nitrogens with one attached hydrogen (secondary N) is 1. The van der Waals surface area contributed by atoms with E-state index < -0.39 is 11.9 Å². The molecule has 4 aromatic rings. The Hall–Kier alpha value is -3.78. The topological polar surface area (TPSA) is 97.8 Å². The van der Waals surface area contributed by atoms with E-state index in [1.165, 1.54) is 0 Å². The van der Waals surface area contributed by atoms with Crippen molar-refractivity contribution in [2.75, 3.05) is 11.9 Å². The van der Waals surface area contributed by atoms with E-state index in [-0.39, 0.29) is 10.9 Å². The Labute approximate surface area is 232 Å². The second-order valence-corrected chi connectivity index (χ2v) is 9.71. The monoisotopic (exact) mass is 568 g/mol. The van der Waals surface area contributed by atoms with Crippen LogP contribution in [0.15, 0.2) is 72.8 Å². The highest BCUT2D eigenvalue weighted by atomic mass is 35.5. The molecule has 1 atom stereocenters. The zero-order valence-corrected chi connectivity index (χ0v) is 21.8. The van der Waals surface area contributed by atoms with Gasteiger partial charge in [-0.3, -0.25) is 9.59 Å². The number of nitrogens with zero attached hydrogens (tertiary/aromatic N) is 1. The Morgan fingerprint density at radius 2 is 1.76 bits per heavy atom. The average Bonchev–Trinajstić information content (AvgIpc) is 2.89. The minimum Gasteiger partial charge on any atom is -0.493 e. The standard InChI is InChI=1S/C28H19Cl3N2O5/c29-16-6-9-19(21(30)12-16)23-2-1-3-26(32-23)33-27(34)15-4-7-17(8-5-15)38-25-14-24-20(13-22(25)31)18(28(35)36)10-11-37-24/h1-9,12-14,18H,10-11H2,(H,35,36)(H,32,33,34). The number of aliphatic carboxylic acids is 1. The van der Waals surface area contributed by atoms with Gasteiger partial charge in [0.25, 0.3) is 5.91 Å². The molecule has 192 valence electrons. The summed E-state index contributed by atoms with van der Waals surface area (Å²) in [5, 5.41) is 13.5. The third kappa shape index (κ3) is 5.55. The summed E-state index contributed by atoms with van der Waals surface area (Å²) in [7, 11) is 0. The summed E-state index contributed by atoms with van der Waals surface area (Å²) in [5.74, 6) is -0.427. The van der Waals surface area contributed by atoms with Gasteiger partial charge in [-0.05, 0) is 67.1 Å². The molecule has 0 saturated heterocycles. The lowest BCUT2D eigenvalue weighted by atomic mass is 9.93. The fourth-order valence-electron chi connectivity index (χ4n) is 4.07. The number of anilines is 1. The lowest BCUT2D eigenvalue weighted by Crippen LogP contribution is -2.20. The fraction of sp³-hybridized carbons (Fsp3) is 0.107. The zero-order chi connectivity index (χ0) is 26.8. The molecule has 0 aliphatic carbocycles. The summed E-state index contributed by atoms with van der Waals surface area (Å²) < 4.78 is 11.5. The number of amides is 1. The Morgan fingerprint density at radius 1 is 0.974 bits per heavy atom. The predicted molar refractivity (Wildman–Crippen MR) is 146 cm³/mol. The van der Waals surface area contributed by atoms with Crippen molar-refractivity contribution in [2.45, 2.75) is 12.3 Å². The van der Waals surface area contributed by atoms with Gasteiger partial charge in [0.15, 0.2) is 0 Å². The number of aromatic nitrogens is 1. The third-order valence-corrected chi connectivity index (χ3v) is 6.79. The summed E-state index contributed by atoms with van der Waals surface area (Å²) >= 11 is 18.6. The fourth-order valence-corrected chi connectivity index (χ4v) is 4.78. The van der Waals surface area contributed by atoms with Crippen LogP contribution in [0.5, 0.6) is 17.2 Å². The number of carboxylic acids is 1. The van der Waals surface area contributed by atoms with Crippen molar-refractivity contribution < 1.29 is 24.2 Å². The van der Waals surface area contributed by atoms with E-state index in [2.05, 4.69) is 10.3 Å². The molecule has 7 nitrogen and oxygen atoms in total. The van der Waals surface area contributed by atoms with Crippen molar-refractivity contribution in [3.8, 4) is 28.5 Å². The van der Waals surface area contributed by atoms with Crippen LogP contribution in [0.4, 0.5) is 5.82 Å². The van der Waals surface area contributed by atoms with E-state index in [0.29, 0.717) is 68.5 Å². The van der Waals surface area contributed by atoms with Crippen LogP contribution in [-0.4, -0.2) is 28.6 Å². The molecule has 10 heteroatoms. The molecule has 0 spiro atoms. The number of carboxylic acid groups (broad SMARTS) is 1. The van der Waals surface area contributed by atoms with Crippen molar-refractivity contribution in [3.05, 3.63) is 99.0 Å². The van der Waals surface area contributed by atoms with Gasteiger partial charge in [0.1, 0.15) is 23.1 Å². The second-order valence-electron chi connectivity index (χ2n) is 8.46. The lowest BCUT2D eigenvalue weighted by Gasteiger charge is -2.24. The molecule has 1 aliphatic heterocycles. The number of carbonyl (C=O) groups excluding carboxylic acids is 1. The highest BCUT2D eigenvalue weighted by Gasteiger charge is 2.29. The van der Waals surface area contributed by atoms with Crippen LogP contribution in [0.25, 0.3) is 11.3 Å². The number of rotatable bonds is 6. The average molecular weight is 570 g/mol. The highest BCUT2D eigenvalue weighted by molar-refractivity contribution is 6.36. The predicted octanol–water partition coefficient (Wildman–Crippen LogP) is 7.70. The quantitative estimate of drug-likeness (QED) is 0.247. The van der Waals surface area contributed by atoms with Crippen LogP contribution in [0.1, 0.15) is 28.3 Å². The summed E-state index contributed by atoms with van der Waals surface area (Å²) in [6, 6.07) is 20.0. The molecular formula is C28H19Cl3N2O5. The maximum absolute atomic E-state index is 12.8. The van der Waals surface area contributed by atoms with Crippen molar-refractivity contribution in [3.63, 3.8) is 0 Å². The largest absolute Gasteiger partial charge is 0.493 e. The smallest absolute Gasteiger partial charge is 0.311 e. The molecule has 5 rings (SSSR count). The van der Waals surface area contributed by atoms with Crippen LogP contribution in [0.3, 0.4) is 0 Å². The van der Waals surface area contributed by atoms with Gasteiger partial charge in [-0.15, -0.1) is 0 Å². The molecule has 0 saturated carbocycles. The highest BCUT2D eigenvalue weighted by Crippen LogP contribution is 2.42. The first-order valence-electron chi connectivity index (χ1n) is 11.5. The Morgan fingerprint density at radius 3 is 2.50 bits per heavy atom. The summed E-state index contributed by atoms with van der Waals surface area (Å²) in [6.07, 6.45) is 0.372. The molecule has 1 aromatic heterocycles. The molecule has 3 aromatic carbocycles. The molecule has 0 radical (unpaired) electrons. The molecule has 2 N–H and O–H groups in total. The van der Waals surface area contributed by atoms with Crippen LogP contribution < -0.4 is 14.8 Å². The van der Waals surface area contributed by atoms with Gasteiger partial charge in [-0.1, -0.05) is 40.9 Å². The number of pyridine rings is 1. The zero-order valence-electron chi connectivity index (χ0n) is 19.6. The SMILES string of the molecule is O=C(Nc1cccc(-c2ccc(Cl)cc2Cl)n1)c1ccc(Oc2cc3c(cc2Cl)C(C(=O)O)CCO3)cc1. The van der Waals surface area contributed by atoms with Crippen LogP contribution >= 0.6 is 34.8 Å². The summed E-state index contributed by atoms with van der Waals surface area (Å²) in [5.41, 5.74) is 2.19. The van der Waals surface area contributed by atoms with Crippen LogP contribution in [0.2, 0.25) is 15.1 Å².